The van der Waals surface area contributed by atoms with Crippen molar-refractivity contribution in [3.63, 3.8) is 0 Å². The first-order valence-electron chi connectivity index (χ1n) is 7.42. The minimum absolute atomic E-state index is 0.216. The zero-order valence-corrected chi connectivity index (χ0v) is 12.5. The molecule has 0 aliphatic heterocycles. The summed E-state index contributed by atoms with van der Waals surface area (Å²) in [6.07, 6.45) is 2.18. The van der Waals surface area contributed by atoms with Crippen molar-refractivity contribution >= 4 is 16.9 Å². The number of carboxylic acids is 1. The van der Waals surface area contributed by atoms with Crippen molar-refractivity contribution in [1.29, 1.82) is 5.26 Å². The molecule has 23 heavy (non-hydrogen) atoms. The third kappa shape index (κ3) is 3.09. The number of nitriles is 1. The highest BCUT2D eigenvalue weighted by Crippen LogP contribution is 2.24. The Hall–Kier alpha value is -3.06. The van der Waals surface area contributed by atoms with E-state index < -0.39 is 11.9 Å². The predicted octanol–water partition coefficient (Wildman–Crippen LogP) is 3.46. The largest absolute Gasteiger partial charge is 0.480 e. The topological polar surface area (TPSA) is 66.0 Å². The number of aliphatic carboxylic acids is 1. The zero-order valence-electron chi connectivity index (χ0n) is 12.5. The van der Waals surface area contributed by atoms with E-state index in [9.17, 15) is 4.79 Å². The molecule has 1 atom stereocenters. The molecule has 0 fully saturated rings. The molecule has 114 valence electrons. The van der Waals surface area contributed by atoms with E-state index in [0.717, 1.165) is 16.5 Å². The third-order valence-electron chi connectivity index (χ3n) is 3.94. The fourth-order valence-electron chi connectivity index (χ4n) is 2.80. The van der Waals surface area contributed by atoms with Gasteiger partial charge in [0.05, 0.1) is 6.07 Å². The van der Waals surface area contributed by atoms with Gasteiger partial charge in [-0.1, -0.05) is 48.5 Å². The average Bonchev–Trinajstić information content (AvgIpc) is 2.91. The minimum atomic E-state index is -1.08. The van der Waals surface area contributed by atoms with Crippen LogP contribution in [0.5, 0.6) is 0 Å². The molecule has 0 saturated carbocycles. The number of carbonyl (C=O) groups is 1. The number of hydrogen-bond acceptors (Lipinski definition) is 2. The van der Waals surface area contributed by atoms with Crippen molar-refractivity contribution in [2.75, 3.05) is 0 Å². The van der Waals surface area contributed by atoms with Crippen LogP contribution in [-0.4, -0.2) is 15.6 Å². The first kappa shape index (κ1) is 14.9. The molecule has 2 aromatic carbocycles. The summed E-state index contributed by atoms with van der Waals surface area (Å²) < 4.78 is 2.11. The molecule has 1 aromatic heterocycles. The van der Waals surface area contributed by atoms with Gasteiger partial charge in [-0.2, -0.15) is 5.26 Å². The molecule has 0 aliphatic carbocycles. The first-order chi connectivity index (χ1) is 11.2. The monoisotopic (exact) mass is 304 g/mol. The van der Waals surface area contributed by atoms with Crippen LogP contribution in [0.1, 0.15) is 11.1 Å². The highest BCUT2D eigenvalue weighted by atomic mass is 16.4. The van der Waals surface area contributed by atoms with Crippen molar-refractivity contribution in [3.05, 3.63) is 71.9 Å². The number of fused-ring (bicyclic) bond motifs is 1. The van der Waals surface area contributed by atoms with Crippen molar-refractivity contribution < 1.29 is 9.90 Å². The summed E-state index contributed by atoms with van der Waals surface area (Å²) in [6.45, 7) is 0.714. The van der Waals surface area contributed by atoms with Gasteiger partial charge in [-0.3, -0.25) is 4.79 Å². The molecule has 4 heteroatoms. The highest BCUT2D eigenvalue weighted by Gasteiger charge is 2.20. The van der Waals surface area contributed by atoms with E-state index in [1.807, 2.05) is 54.7 Å². The fraction of sp³-hybridized carbons (Fsp3) is 0.158. The van der Waals surface area contributed by atoms with Gasteiger partial charge in [-0.25, -0.2) is 0 Å². The van der Waals surface area contributed by atoms with Crippen LogP contribution in [0.2, 0.25) is 0 Å². The Morgan fingerprint density at radius 3 is 2.52 bits per heavy atom. The smallest absolute Gasteiger partial charge is 0.321 e. The zero-order chi connectivity index (χ0) is 16.2. The fourth-order valence-corrected chi connectivity index (χ4v) is 2.80. The van der Waals surface area contributed by atoms with Crippen LogP contribution >= 0.6 is 0 Å². The van der Waals surface area contributed by atoms with Gasteiger partial charge in [0.2, 0.25) is 0 Å². The maximum absolute atomic E-state index is 11.1. The molecule has 0 spiro atoms. The van der Waals surface area contributed by atoms with E-state index in [1.165, 1.54) is 5.56 Å². The Labute approximate surface area is 134 Å². The summed E-state index contributed by atoms with van der Waals surface area (Å²) >= 11 is 0. The normalized spacial score (nSPS) is 12.0. The van der Waals surface area contributed by atoms with Crippen LogP contribution in [0, 0.1) is 17.2 Å². The Balaban J connectivity index is 2.00. The molecule has 3 rings (SSSR count). The second-order valence-corrected chi connectivity index (χ2v) is 5.51. The summed E-state index contributed by atoms with van der Waals surface area (Å²) in [5.74, 6) is -2.10. The van der Waals surface area contributed by atoms with E-state index in [1.54, 1.807) is 0 Å². The lowest BCUT2D eigenvalue weighted by Gasteiger charge is -2.05. The molecule has 0 saturated heterocycles. The number of benzene rings is 2. The van der Waals surface area contributed by atoms with Gasteiger partial charge in [0.1, 0.15) is 5.92 Å². The van der Waals surface area contributed by atoms with E-state index in [4.69, 9.17) is 10.4 Å². The Kier molecular flexibility index (Phi) is 4.11. The lowest BCUT2D eigenvalue weighted by Crippen LogP contribution is -2.14. The standard InChI is InChI=1S/C19H16N2O2/c20-11-15(19(22)23)10-16-13-21(12-14-6-2-1-3-7-14)18-9-5-4-8-17(16)18/h1-9,13,15H,10,12H2,(H,22,23). The quantitative estimate of drug-likeness (QED) is 0.785. The Morgan fingerprint density at radius 2 is 1.83 bits per heavy atom. The van der Waals surface area contributed by atoms with E-state index in [-0.39, 0.29) is 6.42 Å². The number of rotatable bonds is 5. The molecular formula is C19H16N2O2. The van der Waals surface area contributed by atoms with Crippen LogP contribution in [0.15, 0.2) is 60.8 Å². The van der Waals surface area contributed by atoms with Gasteiger partial charge >= 0.3 is 5.97 Å². The van der Waals surface area contributed by atoms with Gasteiger partial charge < -0.3 is 9.67 Å². The second-order valence-electron chi connectivity index (χ2n) is 5.51. The summed E-state index contributed by atoms with van der Waals surface area (Å²) in [4.78, 5) is 11.1. The van der Waals surface area contributed by atoms with Gasteiger partial charge in [0.25, 0.3) is 0 Å². The summed E-state index contributed by atoms with van der Waals surface area (Å²) in [5.41, 5.74) is 3.12. The van der Waals surface area contributed by atoms with Crippen LogP contribution in [-0.2, 0) is 17.8 Å². The van der Waals surface area contributed by atoms with Crippen LogP contribution in [0.25, 0.3) is 10.9 Å². The molecule has 1 unspecified atom stereocenters. The van der Waals surface area contributed by atoms with Crippen molar-refractivity contribution in [1.82, 2.24) is 4.57 Å². The molecule has 1 heterocycles. The molecule has 0 radical (unpaired) electrons. The first-order valence-corrected chi connectivity index (χ1v) is 7.42. The second kappa shape index (κ2) is 6.37. The summed E-state index contributed by atoms with van der Waals surface area (Å²) in [7, 11) is 0. The molecule has 0 amide bonds. The summed E-state index contributed by atoms with van der Waals surface area (Å²) in [5, 5.41) is 19.2. The SMILES string of the molecule is N#CC(Cc1cn(Cc2ccccc2)c2ccccc12)C(=O)O. The molecule has 0 aliphatic rings. The number of carboxylic acid groups (broad SMARTS) is 1. The highest BCUT2D eigenvalue weighted by molar-refractivity contribution is 5.85. The average molecular weight is 304 g/mol. The third-order valence-corrected chi connectivity index (χ3v) is 3.94. The number of aromatic nitrogens is 1. The van der Waals surface area contributed by atoms with Crippen molar-refractivity contribution in [2.24, 2.45) is 5.92 Å². The van der Waals surface area contributed by atoms with Crippen molar-refractivity contribution in [3.8, 4) is 6.07 Å². The van der Waals surface area contributed by atoms with E-state index in [2.05, 4.69) is 16.7 Å². The predicted molar refractivity (Wildman–Crippen MR) is 87.9 cm³/mol. The van der Waals surface area contributed by atoms with Gasteiger partial charge in [0.15, 0.2) is 0 Å². The minimum Gasteiger partial charge on any atom is -0.480 e. The van der Waals surface area contributed by atoms with E-state index >= 15 is 0 Å². The van der Waals surface area contributed by atoms with Gasteiger partial charge in [0, 0.05) is 30.1 Å². The molecule has 3 aromatic rings. The summed E-state index contributed by atoms with van der Waals surface area (Å²) in [6, 6.07) is 19.8. The number of nitrogens with zero attached hydrogens (tertiary/aromatic N) is 2. The Bertz CT molecular complexity index is 875. The molecular weight excluding hydrogens is 288 g/mol. The molecule has 1 N–H and O–H groups in total. The van der Waals surface area contributed by atoms with Gasteiger partial charge in [-0.15, -0.1) is 0 Å². The molecule has 4 nitrogen and oxygen atoms in total. The lowest BCUT2D eigenvalue weighted by molar-refractivity contribution is -0.139. The van der Waals surface area contributed by atoms with Crippen LogP contribution < -0.4 is 0 Å². The maximum Gasteiger partial charge on any atom is 0.321 e. The van der Waals surface area contributed by atoms with Crippen LogP contribution in [0.3, 0.4) is 0 Å². The van der Waals surface area contributed by atoms with Gasteiger partial charge in [-0.05, 0) is 17.2 Å². The maximum atomic E-state index is 11.1. The Morgan fingerprint density at radius 1 is 1.13 bits per heavy atom. The number of hydrogen-bond donors (Lipinski definition) is 1. The van der Waals surface area contributed by atoms with Crippen LogP contribution in [0.4, 0.5) is 0 Å². The molecule has 0 bridgehead atoms. The number of para-hydroxylation sites is 1. The van der Waals surface area contributed by atoms with E-state index in [0.29, 0.717) is 6.54 Å². The lowest BCUT2D eigenvalue weighted by atomic mass is 10.0. The van der Waals surface area contributed by atoms with Crippen molar-refractivity contribution in [2.45, 2.75) is 13.0 Å².